The van der Waals surface area contributed by atoms with Gasteiger partial charge in [-0.15, -0.1) is 11.3 Å². The van der Waals surface area contributed by atoms with Crippen molar-refractivity contribution < 1.29 is 26.8 Å². The van der Waals surface area contributed by atoms with Gasteiger partial charge in [0.25, 0.3) is 0 Å². The van der Waals surface area contributed by atoms with Crippen molar-refractivity contribution in [1.29, 1.82) is 0 Å². The van der Waals surface area contributed by atoms with Gasteiger partial charge in [0.2, 0.25) is 10.4 Å². The van der Waals surface area contributed by atoms with Crippen LogP contribution < -0.4 is 0 Å². The molecule has 1 atom stereocenters. The third-order valence-electron chi connectivity index (χ3n) is 5.45. The molecule has 12 heteroatoms. The van der Waals surface area contributed by atoms with E-state index in [2.05, 4.69) is 4.28 Å². The van der Waals surface area contributed by atoms with Crippen LogP contribution in [0.3, 0.4) is 0 Å². The van der Waals surface area contributed by atoms with E-state index in [1.807, 2.05) is 18.7 Å². The molecule has 1 aromatic heterocycles. The highest BCUT2D eigenvalue weighted by molar-refractivity contribution is 7.80. The van der Waals surface area contributed by atoms with Crippen LogP contribution in [-0.2, 0) is 34.2 Å². The van der Waals surface area contributed by atoms with Crippen molar-refractivity contribution in [2.24, 2.45) is 0 Å². The van der Waals surface area contributed by atoms with E-state index in [1.165, 1.54) is 16.2 Å². The van der Waals surface area contributed by atoms with Gasteiger partial charge in [0, 0.05) is 42.5 Å². The highest BCUT2D eigenvalue weighted by atomic mass is 32.3. The molecule has 1 aromatic rings. The van der Waals surface area contributed by atoms with Gasteiger partial charge in [0.05, 0.1) is 6.54 Å². The summed E-state index contributed by atoms with van der Waals surface area (Å²) in [5.74, 6) is 0. The SMILES string of the molecule is CCN(CC)C(=O)N1CCc2sc3c(c2C1)CN1CC3N(OS(=O)(=O)[O-])C1=O. The number of hydroxylamine groups is 2. The van der Waals surface area contributed by atoms with Gasteiger partial charge in [-0.3, -0.25) is 0 Å². The van der Waals surface area contributed by atoms with E-state index in [0.29, 0.717) is 44.2 Å². The molecule has 4 heterocycles. The number of carbonyl (C=O) groups excluding carboxylic acids is 2. The standard InChI is InChI=1S/C16H22N4O6S2/c1-3-17(4-2)15(21)18-6-5-13-10(7-18)11-8-19-9-12(14(11)27-13)20(16(19)22)26-28(23,24)25/h12H,3-9H2,1-2H3,(H,23,24,25)/p-1. The predicted molar refractivity (Wildman–Crippen MR) is 97.9 cm³/mol. The number of hydrogen-bond acceptors (Lipinski definition) is 7. The fourth-order valence-electron chi connectivity index (χ4n) is 4.09. The van der Waals surface area contributed by atoms with Crippen molar-refractivity contribution in [2.45, 2.75) is 39.4 Å². The Kier molecular flexibility index (Phi) is 4.76. The monoisotopic (exact) mass is 429 g/mol. The normalized spacial score (nSPS) is 21.0. The number of carbonyl (C=O) groups is 2. The first-order valence-corrected chi connectivity index (χ1v) is 11.3. The smallest absolute Gasteiger partial charge is 0.346 e. The fraction of sp³-hybridized carbons (Fsp3) is 0.625. The molecule has 0 N–H and O–H groups in total. The Morgan fingerprint density at radius 1 is 1.29 bits per heavy atom. The molecule has 2 bridgehead atoms. The minimum atomic E-state index is -5.04. The maximum absolute atomic E-state index is 12.7. The van der Waals surface area contributed by atoms with Crippen LogP contribution in [0.25, 0.3) is 0 Å². The van der Waals surface area contributed by atoms with Gasteiger partial charge in [0.1, 0.15) is 6.04 Å². The number of nitrogens with zero attached hydrogens (tertiary/aromatic N) is 4. The highest BCUT2D eigenvalue weighted by Gasteiger charge is 2.47. The summed E-state index contributed by atoms with van der Waals surface area (Å²) < 4.78 is 37.5. The Labute approximate surface area is 167 Å². The number of amides is 4. The lowest BCUT2D eigenvalue weighted by Crippen LogP contribution is -2.45. The van der Waals surface area contributed by atoms with Crippen LogP contribution in [0.2, 0.25) is 0 Å². The zero-order chi connectivity index (χ0) is 20.2. The molecular weight excluding hydrogens is 408 g/mol. The molecule has 4 amide bonds. The van der Waals surface area contributed by atoms with Gasteiger partial charge in [-0.25, -0.2) is 18.0 Å². The Hall–Kier alpha value is -1.89. The molecule has 0 saturated carbocycles. The second-order valence-corrected chi connectivity index (χ2v) is 9.06. The van der Waals surface area contributed by atoms with Crippen molar-refractivity contribution >= 4 is 33.8 Å². The van der Waals surface area contributed by atoms with Crippen molar-refractivity contribution in [3.8, 4) is 0 Å². The predicted octanol–water partition coefficient (Wildman–Crippen LogP) is 1.25. The van der Waals surface area contributed by atoms with E-state index >= 15 is 0 Å². The molecule has 10 nitrogen and oxygen atoms in total. The van der Waals surface area contributed by atoms with Crippen molar-refractivity contribution in [3.63, 3.8) is 0 Å². The lowest BCUT2D eigenvalue weighted by molar-refractivity contribution is -0.0318. The lowest BCUT2D eigenvalue weighted by Gasteiger charge is -2.33. The van der Waals surface area contributed by atoms with Crippen LogP contribution in [0, 0.1) is 0 Å². The summed E-state index contributed by atoms with van der Waals surface area (Å²) in [5, 5.41) is 0.676. The quantitative estimate of drug-likeness (QED) is 0.526. The molecule has 1 unspecified atom stereocenters. The number of thiophene rings is 1. The van der Waals surface area contributed by atoms with Crippen molar-refractivity contribution in [2.75, 3.05) is 26.2 Å². The summed E-state index contributed by atoms with van der Waals surface area (Å²) in [7, 11) is -5.04. The van der Waals surface area contributed by atoms with E-state index in [4.69, 9.17) is 0 Å². The molecular formula is C16H21N4O6S2-. The summed E-state index contributed by atoms with van der Waals surface area (Å²) in [5.41, 5.74) is 1.97. The molecule has 4 rings (SSSR count). The average Bonchev–Trinajstić information content (AvgIpc) is 3.13. The Morgan fingerprint density at radius 2 is 2.00 bits per heavy atom. The zero-order valence-corrected chi connectivity index (χ0v) is 17.2. The van der Waals surface area contributed by atoms with Gasteiger partial charge in [0.15, 0.2) is 0 Å². The summed E-state index contributed by atoms with van der Waals surface area (Å²) in [4.78, 5) is 32.2. The maximum atomic E-state index is 12.7. The zero-order valence-electron chi connectivity index (χ0n) is 15.6. The minimum absolute atomic E-state index is 0.00632. The molecule has 3 aliphatic heterocycles. The molecule has 28 heavy (non-hydrogen) atoms. The van der Waals surface area contributed by atoms with Gasteiger partial charge < -0.3 is 19.3 Å². The third kappa shape index (κ3) is 3.13. The van der Waals surface area contributed by atoms with Gasteiger partial charge in [-0.1, -0.05) is 0 Å². The van der Waals surface area contributed by atoms with Gasteiger partial charge in [-0.2, -0.15) is 9.35 Å². The van der Waals surface area contributed by atoms with Crippen molar-refractivity contribution in [1.82, 2.24) is 19.8 Å². The molecule has 0 spiro atoms. The molecule has 1 fully saturated rings. The first-order chi connectivity index (χ1) is 13.2. The van der Waals surface area contributed by atoms with E-state index < -0.39 is 22.5 Å². The summed E-state index contributed by atoms with van der Waals surface area (Å²) >= 11 is 1.51. The van der Waals surface area contributed by atoms with Crippen LogP contribution in [0.5, 0.6) is 0 Å². The lowest BCUT2D eigenvalue weighted by atomic mass is 9.98. The van der Waals surface area contributed by atoms with Crippen LogP contribution in [0.4, 0.5) is 9.59 Å². The van der Waals surface area contributed by atoms with Crippen LogP contribution in [-0.4, -0.2) is 71.0 Å². The van der Waals surface area contributed by atoms with E-state index in [1.54, 1.807) is 4.90 Å². The molecule has 154 valence electrons. The number of hydrogen-bond donors (Lipinski definition) is 0. The first-order valence-electron chi connectivity index (χ1n) is 9.14. The molecule has 0 aromatic carbocycles. The van der Waals surface area contributed by atoms with E-state index in [-0.39, 0.29) is 12.6 Å². The summed E-state index contributed by atoms with van der Waals surface area (Å²) in [6.45, 7) is 6.85. The average molecular weight is 430 g/mol. The minimum Gasteiger partial charge on any atom is -0.724 e. The number of fused-ring (bicyclic) bond motifs is 6. The second kappa shape index (κ2) is 6.87. The Bertz CT molecular complexity index is 926. The molecule has 0 aliphatic carbocycles. The summed E-state index contributed by atoms with van der Waals surface area (Å²) in [6.07, 6.45) is 0.710. The molecule has 0 radical (unpaired) electrons. The highest BCUT2D eigenvalue weighted by Crippen LogP contribution is 2.46. The fourth-order valence-corrected chi connectivity index (χ4v) is 5.84. The Morgan fingerprint density at radius 3 is 2.64 bits per heavy atom. The van der Waals surface area contributed by atoms with Gasteiger partial charge in [-0.05, 0) is 31.4 Å². The largest absolute Gasteiger partial charge is 0.724 e. The van der Waals surface area contributed by atoms with Crippen LogP contribution in [0.15, 0.2) is 0 Å². The van der Waals surface area contributed by atoms with Crippen LogP contribution >= 0.6 is 11.3 Å². The second-order valence-electron chi connectivity index (χ2n) is 6.96. The summed E-state index contributed by atoms with van der Waals surface area (Å²) in [6, 6.07) is -1.26. The first kappa shape index (κ1) is 19.4. The van der Waals surface area contributed by atoms with Gasteiger partial charge >= 0.3 is 12.1 Å². The van der Waals surface area contributed by atoms with E-state index in [0.717, 1.165) is 20.9 Å². The molecule has 3 aliphatic rings. The number of rotatable bonds is 4. The number of urea groups is 2. The van der Waals surface area contributed by atoms with Crippen LogP contribution in [0.1, 0.15) is 40.8 Å². The third-order valence-corrected chi connectivity index (χ3v) is 7.23. The van der Waals surface area contributed by atoms with Crippen molar-refractivity contribution in [3.05, 3.63) is 20.9 Å². The van der Waals surface area contributed by atoms with E-state index in [9.17, 15) is 22.6 Å². The topological polar surface area (TPSA) is 114 Å². The Balaban J connectivity index is 1.63. The molecule has 1 saturated heterocycles. The maximum Gasteiger partial charge on any atom is 0.346 e.